The molecule has 0 saturated carbocycles. The van der Waals surface area contributed by atoms with Crippen LogP contribution >= 0.6 is 24.4 Å². The maximum absolute atomic E-state index is 13.9. The summed E-state index contributed by atoms with van der Waals surface area (Å²) in [5, 5.41) is 0. The molecule has 0 radical (unpaired) electrons. The largest absolute Gasteiger partial charge is 0.465 e. The smallest absolute Gasteiger partial charge is 0.309 e. The Hall–Kier alpha value is -1.08. The summed E-state index contributed by atoms with van der Waals surface area (Å²) in [7, 11) is 0. The maximum Gasteiger partial charge on any atom is 0.309 e. The van der Waals surface area contributed by atoms with E-state index in [2.05, 4.69) is 27.7 Å². The molecule has 4 nitrogen and oxygen atoms in total. The number of nitrogens with zero attached hydrogens (tertiary/aromatic N) is 2. The van der Waals surface area contributed by atoms with Crippen LogP contribution in [0.3, 0.4) is 0 Å². The molecule has 1 atom stereocenters. The van der Waals surface area contributed by atoms with E-state index < -0.39 is 5.82 Å². The second kappa shape index (κ2) is 12.5. The van der Waals surface area contributed by atoms with Gasteiger partial charge in [0, 0.05) is 19.3 Å². The van der Waals surface area contributed by atoms with E-state index in [1.807, 2.05) is 6.92 Å². The van der Waals surface area contributed by atoms with E-state index in [-0.39, 0.29) is 16.5 Å². The zero-order valence-electron chi connectivity index (χ0n) is 17.9. The third-order valence-electron chi connectivity index (χ3n) is 4.88. The lowest BCUT2D eigenvalue weighted by atomic mass is 9.88. The molecule has 0 saturated heterocycles. The predicted octanol–water partition coefficient (Wildman–Crippen LogP) is 6.33. The standard InChI is InChI=1S/C21H35FN2O2S2/c1-6-24-19(27)18(22)14-23(21(24)28)11-9-7-8-10-12-26-20(25)17(16(4)5)13-15(2)3/h14-17H,6-13H2,1-5H3. The van der Waals surface area contributed by atoms with Crippen LogP contribution in [0.25, 0.3) is 0 Å². The number of hydrogen-bond acceptors (Lipinski definition) is 4. The van der Waals surface area contributed by atoms with Crippen molar-refractivity contribution in [2.24, 2.45) is 17.8 Å². The van der Waals surface area contributed by atoms with Crippen LogP contribution in [-0.4, -0.2) is 21.7 Å². The first-order valence-corrected chi connectivity index (χ1v) is 11.2. The summed E-state index contributed by atoms with van der Waals surface area (Å²) in [6, 6.07) is 0. The van der Waals surface area contributed by atoms with Gasteiger partial charge in [-0.1, -0.05) is 46.3 Å². The number of ether oxygens (including phenoxy) is 1. The summed E-state index contributed by atoms with van der Waals surface area (Å²) in [5.74, 6) is 0.288. The molecule has 1 rings (SSSR count). The first-order valence-electron chi connectivity index (χ1n) is 10.3. The summed E-state index contributed by atoms with van der Waals surface area (Å²) in [6.07, 6.45) is 5.95. The zero-order valence-corrected chi connectivity index (χ0v) is 19.5. The van der Waals surface area contributed by atoms with Crippen LogP contribution in [0.1, 0.15) is 66.7 Å². The first-order chi connectivity index (χ1) is 13.2. The van der Waals surface area contributed by atoms with Gasteiger partial charge in [-0.25, -0.2) is 4.39 Å². The number of halogens is 1. The Labute approximate surface area is 179 Å². The van der Waals surface area contributed by atoms with E-state index in [4.69, 9.17) is 29.2 Å². The Morgan fingerprint density at radius 2 is 1.79 bits per heavy atom. The van der Waals surface area contributed by atoms with Crippen molar-refractivity contribution in [3.05, 3.63) is 21.4 Å². The lowest BCUT2D eigenvalue weighted by Gasteiger charge is -2.21. The minimum atomic E-state index is -0.404. The van der Waals surface area contributed by atoms with Crippen LogP contribution in [-0.2, 0) is 22.6 Å². The van der Waals surface area contributed by atoms with Crippen LogP contribution in [0, 0.1) is 33.0 Å². The van der Waals surface area contributed by atoms with Crippen LogP contribution in [0.4, 0.5) is 4.39 Å². The van der Waals surface area contributed by atoms with Crippen molar-refractivity contribution in [2.45, 2.75) is 79.8 Å². The normalized spacial score (nSPS) is 12.6. The van der Waals surface area contributed by atoms with Gasteiger partial charge in [0.1, 0.15) is 4.64 Å². The van der Waals surface area contributed by atoms with Crippen molar-refractivity contribution in [1.29, 1.82) is 0 Å². The number of unbranched alkanes of at least 4 members (excludes halogenated alkanes) is 3. The highest BCUT2D eigenvalue weighted by molar-refractivity contribution is 7.72. The van der Waals surface area contributed by atoms with Gasteiger partial charge in [0.05, 0.1) is 12.5 Å². The molecule has 7 heteroatoms. The number of rotatable bonds is 12. The fourth-order valence-electron chi connectivity index (χ4n) is 3.22. The minimum Gasteiger partial charge on any atom is -0.465 e. The van der Waals surface area contributed by atoms with E-state index in [9.17, 15) is 9.18 Å². The van der Waals surface area contributed by atoms with E-state index in [0.29, 0.717) is 36.3 Å². The Kier molecular flexibility index (Phi) is 11.1. The molecule has 0 fully saturated rings. The number of aromatic nitrogens is 2. The van der Waals surface area contributed by atoms with E-state index in [0.717, 1.165) is 32.1 Å². The van der Waals surface area contributed by atoms with Gasteiger partial charge >= 0.3 is 5.97 Å². The number of esters is 1. The van der Waals surface area contributed by atoms with Crippen LogP contribution in [0.15, 0.2) is 6.20 Å². The quantitative estimate of drug-likeness (QED) is 0.220. The van der Waals surface area contributed by atoms with Crippen molar-refractivity contribution < 1.29 is 13.9 Å². The van der Waals surface area contributed by atoms with Gasteiger partial charge in [0.15, 0.2) is 10.6 Å². The van der Waals surface area contributed by atoms with E-state index in [1.54, 1.807) is 9.13 Å². The van der Waals surface area contributed by atoms with Crippen LogP contribution in [0.2, 0.25) is 0 Å². The molecule has 1 aromatic heterocycles. The monoisotopic (exact) mass is 430 g/mol. The molecule has 0 aromatic carbocycles. The van der Waals surface area contributed by atoms with Gasteiger partial charge in [-0.3, -0.25) is 4.79 Å². The molecule has 0 bridgehead atoms. The topological polar surface area (TPSA) is 36.2 Å². The lowest BCUT2D eigenvalue weighted by molar-refractivity contribution is -0.151. The third-order valence-corrected chi connectivity index (χ3v) is 5.75. The van der Waals surface area contributed by atoms with Gasteiger partial charge in [-0.2, -0.15) is 0 Å². The van der Waals surface area contributed by atoms with Gasteiger partial charge in [0.2, 0.25) is 0 Å². The first kappa shape index (κ1) is 25.0. The number of hydrogen-bond donors (Lipinski definition) is 0. The Bertz CT molecular complexity index is 741. The van der Waals surface area contributed by atoms with E-state index in [1.165, 1.54) is 6.20 Å². The summed E-state index contributed by atoms with van der Waals surface area (Å²) < 4.78 is 23.5. The molecule has 1 aromatic rings. The predicted molar refractivity (Wildman–Crippen MR) is 117 cm³/mol. The average molecular weight is 431 g/mol. The SMILES string of the molecule is CCn1c(=S)c(F)cn(CCCCCCOC(=O)C(CC(C)C)C(C)C)c1=S. The van der Waals surface area contributed by atoms with Gasteiger partial charge < -0.3 is 13.9 Å². The fourth-order valence-corrected chi connectivity index (χ4v) is 3.91. The molecular formula is C21H35FN2O2S2. The Morgan fingerprint density at radius 3 is 2.36 bits per heavy atom. The Balaban J connectivity index is 2.36. The van der Waals surface area contributed by atoms with Crippen molar-refractivity contribution in [3.8, 4) is 0 Å². The van der Waals surface area contributed by atoms with Crippen molar-refractivity contribution in [3.63, 3.8) is 0 Å². The highest BCUT2D eigenvalue weighted by Crippen LogP contribution is 2.22. The maximum atomic E-state index is 13.9. The van der Waals surface area contributed by atoms with Gasteiger partial charge in [-0.15, -0.1) is 0 Å². The third kappa shape index (κ3) is 7.74. The molecule has 160 valence electrons. The molecule has 0 N–H and O–H groups in total. The number of carbonyl (C=O) groups excluding carboxylic acids is 1. The summed E-state index contributed by atoms with van der Waals surface area (Å²) in [6.45, 7) is 12.0. The number of aryl methyl sites for hydroxylation is 1. The van der Waals surface area contributed by atoms with Crippen LogP contribution < -0.4 is 0 Å². The van der Waals surface area contributed by atoms with Crippen LogP contribution in [0.5, 0.6) is 0 Å². The molecule has 1 heterocycles. The molecular weight excluding hydrogens is 395 g/mol. The molecule has 0 aliphatic heterocycles. The molecule has 1 unspecified atom stereocenters. The number of carbonyl (C=O) groups is 1. The fraction of sp³-hybridized carbons (Fsp3) is 0.762. The highest BCUT2D eigenvalue weighted by Gasteiger charge is 2.24. The second-order valence-electron chi connectivity index (χ2n) is 8.06. The summed E-state index contributed by atoms with van der Waals surface area (Å²) in [5.41, 5.74) is 0. The molecule has 0 aliphatic carbocycles. The van der Waals surface area contributed by atoms with Crippen molar-refractivity contribution >= 4 is 30.4 Å². The second-order valence-corrected chi connectivity index (χ2v) is 8.82. The Morgan fingerprint density at radius 1 is 1.14 bits per heavy atom. The molecule has 0 amide bonds. The molecule has 0 aliphatic rings. The van der Waals surface area contributed by atoms with Gasteiger partial charge in [-0.05, 0) is 56.7 Å². The lowest BCUT2D eigenvalue weighted by Crippen LogP contribution is -2.24. The van der Waals surface area contributed by atoms with Crippen molar-refractivity contribution in [1.82, 2.24) is 9.13 Å². The average Bonchev–Trinajstić information content (AvgIpc) is 2.62. The summed E-state index contributed by atoms with van der Waals surface area (Å²) >= 11 is 10.5. The van der Waals surface area contributed by atoms with Crippen molar-refractivity contribution in [2.75, 3.05) is 6.61 Å². The molecule has 0 spiro atoms. The van der Waals surface area contributed by atoms with Gasteiger partial charge in [0.25, 0.3) is 0 Å². The summed E-state index contributed by atoms with van der Waals surface area (Å²) in [4.78, 5) is 12.3. The highest BCUT2D eigenvalue weighted by atomic mass is 32.1. The van der Waals surface area contributed by atoms with E-state index >= 15 is 0 Å². The molecule has 28 heavy (non-hydrogen) atoms. The minimum absolute atomic E-state index is 0.0191. The zero-order chi connectivity index (χ0) is 21.3.